The minimum absolute atomic E-state index is 0.447. The van der Waals surface area contributed by atoms with Crippen molar-refractivity contribution >= 4 is 8.07 Å². The van der Waals surface area contributed by atoms with Gasteiger partial charge in [-0.1, -0.05) is 19.6 Å². The van der Waals surface area contributed by atoms with Gasteiger partial charge in [-0.15, -0.1) is 0 Å². The smallest absolute Gasteiger partial charge is 0.109 e. The van der Waals surface area contributed by atoms with Crippen LogP contribution in [0.5, 0.6) is 0 Å². The van der Waals surface area contributed by atoms with E-state index < -0.39 is 8.07 Å². The number of hydrogen-bond donors (Lipinski definition) is 0. The van der Waals surface area contributed by atoms with E-state index in [1.54, 1.807) is 0 Å². The quantitative estimate of drug-likeness (QED) is 0.394. The Hall–Kier alpha value is 0.137. The fourth-order valence-electron chi connectivity index (χ4n) is 0.530. The van der Waals surface area contributed by atoms with Crippen molar-refractivity contribution < 1.29 is 9.78 Å². The summed E-state index contributed by atoms with van der Waals surface area (Å²) in [5.74, 6) is 0. The highest BCUT2D eigenvalue weighted by Crippen LogP contribution is 2.18. The van der Waals surface area contributed by atoms with E-state index in [4.69, 9.17) is 4.89 Å². The summed E-state index contributed by atoms with van der Waals surface area (Å²) in [4.78, 5) is 9.45. The Kier molecular flexibility index (Phi) is 1.43. The van der Waals surface area contributed by atoms with Crippen molar-refractivity contribution in [3.8, 4) is 0 Å². The Morgan fingerprint density at radius 1 is 1.38 bits per heavy atom. The summed E-state index contributed by atoms with van der Waals surface area (Å²) in [5, 5.41) is 0. The molecule has 0 radical (unpaired) electrons. The lowest BCUT2D eigenvalue weighted by molar-refractivity contribution is -0.403. The topological polar surface area (TPSA) is 18.5 Å². The highest BCUT2D eigenvalue weighted by atomic mass is 28.3. The lowest BCUT2D eigenvalue weighted by Crippen LogP contribution is -2.50. The number of hydrogen-bond acceptors (Lipinski definition) is 2. The maximum atomic E-state index is 4.86. The molecule has 1 saturated heterocycles. The Labute approximate surface area is 50.7 Å². The third-order valence-corrected chi connectivity index (χ3v) is 3.56. The van der Waals surface area contributed by atoms with Gasteiger partial charge >= 0.3 is 0 Å². The molecule has 1 rings (SSSR count). The standard InChI is InChI=1S/C5H12O2Si/c1-8(2,3)5-4-6-7-5/h5H,4H2,1-3H3. The average Bonchev–Trinajstić information content (AvgIpc) is 1.16. The van der Waals surface area contributed by atoms with Crippen molar-refractivity contribution in [3.63, 3.8) is 0 Å². The minimum atomic E-state index is -1.02. The highest BCUT2D eigenvalue weighted by molar-refractivity contribution is 6.77. The molecule has 0 aromatic carbocycles. The first-order chi connectivity index (χ1) is 3.61. The highest BCUT2D eigenvalue weighted by Gasteiger charge is 2.34. The van der Waals surface area contributed by atoms with Gasteiger partial charge in [-0.25, -0.2) is 9.78 Å². The van der Waals surface area contributed by atoms with Gasteiger partial charge in [0, 0.05) is 0 Å². The predicted molar refractivity (Wildman–Crippen MR) is 34.2 cm³/mol. The van der Waals surface area contributed by atoms with Crippen molar-refractivity contribution in [2.45, 2.75) is 25.4 Å². The molecule has 0 amide bonds. The van der Waals surface area contributed by atoms with Crippen LogP contribution in [0.25, 0.3) is 0 Å². The van der Waals surface area contributed by atoms with E-state index in [0.717, 1.165) is 6.61 Å². The Morgan fingerprint density at radius 2 is 1.88 bits per heavy atom. The van der Waals surface area contributed by atoms with Crippen LogP contribution in [0.2, 0.25) is 19.6 Å². The zero-order chi connectivity index (χ0) is 6.20. The molecule has 1 unspecified atom stereocenters. The van der Waals surface area contributed by atoms with Crippen LogP contribution in [0.15, 0.2) is 0 Å². The molecule has 1 aliphatic heterocycles. The zero-order valence-electron chi connectivity index (χ0n) is 5.60. The predicted octanol–water partition coefficient (Wildman–Crippen LogP) is 1.19. The molecule has 8 heavy (non-hydrogen) atoms. The van der Waals surface area contributed by atoms with Crippen molar-refractivity contribution in [2.24, 2.45) is 0 Å². The molecule has 0 aliphatic carbocycles. The summed E-state index contributed by atoms with van der Waals surface area (Å²) in [6.45, 7) is 7.65. The Bertz CT molecular complexity index is 82.9. The monoisotopic (exact) mass is 132 g/mol. The van der Waals surface area contributed by atoms with Crippen LogP contribution in [0.1, 0.15) is 0 Å². The fourth-order valence-corrected chi connectivity index (χ4v) is 1.46. The molecule has 2 nitrogen and oxygen atoms in total. The third kappa shape index (κ3) is 1.10. The molecule has 1 fully saturated rings. The fraction of sp³-hybridized carbons (Fsp3) is 1.00. The largest absolute Gasteiger partial charge is 0.234 e. The zero-order valence-corrected chi connectivity index (χ0v) is 6.60. The first kappa shape index (κ1) is 6.26. The maximum Gasteiger partial charge on any atom is 0.109 e. The van der Waals surface area contributed by atoms with Gasteiger partial charge in [0.15, 0.2) is 0 Å². The van der Waals surface area contributed by atoms with E-state index in [1.165, 1.54) is 0 Å². The lowest BCUT2D eigenvalue weighted by atomic mass is 10.7. The molecule has 0 aromatic rings. The van der Waals surface area contributed by atoms with E-state index in [0.29, 0.717) is 5.73 Å². The van der Waals surface area contributed by atoms with E-state index in [-0.39, 0.29) is 0 Å². The van der Waals surface area contributed by atoms with Crippen molar-refractivity contribution in [2.75, 3.05) is 6.61 Å². The van der Waals surface area contributed by atoms with Gasteiger partial charge in [-0.3, -0.25) is 0 Å². The van der Waals surface area contributed by atoms with Gasteiger partial charge in [0.2, 0.25) is 0 Å². The van der Waals surface area contributed by atoms with Gasteiger partial charge in [0.1, 0.15) is 12.3 Å². The van der Waals surface area contributed by atoms with E-state index in [9.17, 15) is 0 Å². The molecule has 0 bridgehead atoms. The van der Waals surface area contributed by atoms with Gasteiger partial charge < -0.3 is 0 Å². The van der Waals surface area contributed by atoms with Crippen molar-refractivity contribution in [3.05, 3.63) is 0 Å². The average molecular weight is 132 g/mol. The van der Waals surface area contributed by atoms with Gasteiger partial charge in [0.25, 0.3) is 0 Å². The summed E-state index contributed by atoms with van der Waals surface area (Å²) in [7, 11) is -1.02. The second kappa shape index (κ2) is 1.82. The first-order valence-corrected chi connectivity index (χ1v) is 6.47. The first-order valence-electron chi connectivity index (χ1n) is 2.89. The molecule has 1 atom stereocenters. The van der Waals surface area contributed by atoms with Crippen molar-refractivity contribution in [1.29, 1.82) is 0 Å². The molecule has 0 spiro atoms. The Balaban J connectivity index is 2.34. The second-order valence-corrected chi connectivity index (χ2v) is 8.61. The number of rotatable bonds is 1. The Morgan fingerprint density at radius 3 is 1.88 bits per heavy atom. The molecule has 1 heterocycles. The van der Waals surface area contributed by atoms with E-state index >= 15 is 0 Å². The maximum absolute atomic E-state index is 4.86. The normalized spacial score (nSPS) is 29.6. The SMILES string of the molecule is C[Si](C)(C)C1COO1. The summed E-state index contributed by atoms with van der Waals surface area (Å²) < 4.78 is 0. The summed E-state index contributed by atoms with van der Waals surface area (Å²) in [5.41, 5.74) is 0.447. The van der Waals surface area contributed by atoms with Crippen LogP contribution in [-0.2, 0) is 9.78 Å². The van der Waals surface area contributed by atoms with E-state index in [1.807, 2.05) is 0 Å². The van der Waals surface area contributed by atoms with Gasteiger partial charge in [0.05, 0.1) is 8.07 Å². The molecule has 48 valence electrons. The summed E-state index contributed by atoms with van der Waals surface area (Å²) in [6.07, 6.45) is 0. The third-order valence-electron chi connectivity index (χ3n) is 1.37. The lowest BCUT2D eigenvalue weighted by Gasteiger charge is -2.33. The van der Waals surface area contributed by atoms with Crippen molar-refractivity contribution in [1.82, 2.24) is 0 Å². The molecule has 0 aromatic heterocycles. The van der Waals surface area contributed by atoms with Crippen LogP contribution in [-0.4, -0.2) is 20.4 Å². The molecular weight excluding hydrogens is 120 g/mol. The van der Waals surface area contributed by atoms with E-state index in [2.05, 4.69) is 24.5 Å². The molecule has 0 N–H and O–H groups in total. The summed E-state index contributed by atoms with van der Waals surface area (Å²) in [6, 6.07) is 0. The van der Waals surface area contributed by atoms with Gasteiger partial charge in [-0.2, -0.15) is 0 Å². The van der Waals surface area contributed by atoms with Gasteiger partial charge in [-0.05, 0) is 0 Å². The molecule has 3 heteroatoms. The van der Waals surface area contributed by atoms with Crippen LogP contribution in [0.4, 0.5) is 0 Å². The van der Waals surface area contributed by atoms with Crippen LogP contribution in [0.3, 0.4) is 0 Å². The summed E-state index contributed by atoms with van der Waals surface area (Å²) >= 11 is 0. The second-order valence-electron chi connectivity index (χ2n) is 3.24. The minimum Gasteiger partial charge on any atom is -0.234 e. The van der Waals surface area contributed by atoms with Crippen LogP contribution >= 0.6 is 0 Å². The van der Waals surface area contributed by atoms with Crippen LogP contribution in [0, 0.1) is 0 Å². The van der Waals surface area contributed by atoms with Crippen LogP contribution < -0.4 is 0 Å². The molecule has 1 aliphatic rings. The molecular formula is C5H12O2Si. The molecule has 0 saturated carbocycles.